The Hall–Kier alpha value is -1.40. The van der Waals surface area contributed by atoms with Crippen molar-refractivity contribution in [2.24, 2.45) is 0 Å². The number of morpholine rings is 1. The van der Waals surface area contributed by atoms with Gasteiger partial charge in [-0.25, -0.2) is 0 Å². The molecule has 0 aliphatic carbocycles. The summed E-state index contributed by atoms with van der Waals surface area (Å²) in [5.41, 5.74) is 1.11. The minimum atomic E-state index is -0.0796. The zero-order valence-corrected chi connectivity index (χ0v) is 14.3. The van der Waals surface area contributed by atoms with Crippen LogP contribution >= 0.6 is 22.9 Å². The molecule has 23 heavy (non-hydrogen) atoms. The number of ether oxygens (including phenoxy) is 1. The maximum atomic E-state index is 12.5. The number of nitrogens with zero attached hydrogens (tertiary/aromatic N) is 1. The molecule has 0 radical (unpaired) electrons. The van der Waals surface area contributed by atoms with Crippen LogP contribution in [0.15, 0.2) is 42.5 Å². The van der Waals surface area contributed by atoms with Gasteiger partial charge in [-0.3, -0.25) is 9.69 Å². The first kappa shape index (κ1) is 16.5. The summed E-state index contributed by atoms with van der Waals surface area (Å²) >= 11 is 7.23. The van der Waals surface area contributed by atoms with Gasteiger partial charge in [0.15, 0.2) is 0 Å². The minimum Gasteiger partial charge on any atom is -0.379 e. The lowest BCUT2D eigenvalue weighted by Crippen LogP contribution is -2.43. The fraction of sp³-hybridized carbons (Fsp3) is 0.353. The molecule has 2 heterocycles. The van der Waals surface area contributed by atoms with Gasteiger partial charge in [0.2, 0.25) is 0 Å². The van der Waals surface area contributed by atoms with E-state index in [-0.39, 0.29) is 11.9 Å². The van der Waals surface area contributed by atoms with Crippen molar-refractivity contribution >= 4 is 28.8 Å². The molecule has 122 valence electrons. The fourth-order valence-corrected chi connectivity index (χ4v) is 3.57. The monoisotopic (exact) mass is 350 g/mol. The molecule has 0 unspecified atom stereocenters. The first-order valence-electron chi connectivity index (χ1n) is 7.63. The molecule has 6 heteroatoms. The number of carbonyl (C=O) groups is 1. The van der Waals surface area contributed by atoms with E-state index in [4.69, 9.17) is 16.3 Å². The summed E-state index contributed by atoms with van der Waals surface area (Å²) in [6.07, 6.45) is 0. The molecular formula is C17H19ClN2O2S. The van der Waals surface area contributed by atoms with E-state index >= 15 is 0 Å². The van der Waals surface area contributed by atoms with Crippen molar-refractivity contribution in [3.63, 3.8) is 0 Å². The third-order valence-corrected chi connectivity index (χ3v) is 5.08. The van der Waals surface area contributed by atoms with Crippen molar-refractivity contribution in [3.05, 3.63) is 57.2 Å². The number of nitrogens with one attached hydrogen (secondary N) is 1. The topological polar surface area (TPSA) is 41.6 Å². The van der Waals surface area contributed by atoms with Crippen molar-refractivity contribution in [1.82, 2.24) is 10.2 Å². The molecule has 1 aliphatic heterocycles. The second-order valence-corrected chi connectivity index (χ2v) is 7.17. The first-order chi connectivity index (χ1) is 11.2. The zero-order chi connectivity index (χ0) is 16.1. The van der Waals surface area contributed by atoms with Crippen molar-refractivity contribution in [2.45, 2.75) is 6.04 Å². The quantitative estimate of drug-likeness (QED) is 0.900. The van der Waals surface area contributed by atoms with Gasteiger partial charge in [0.1, 0.15) is 0 Å². The Labute approximate surface area is 145 Å². The van der Waals surface area contributed by atoms with Crippen molar-refractivity contribution in [3.8, 4) is 0 Å². The van der Waals surface area contributed by atoms with Crippen LogP contribution in [0.1, 0.15) is 21.3 Å². The van der Waals surface area contributed by atoms with Gasteiger partial charge in [0.05, 0.1) is 28.5 Å². The Bertz CT molecular complexity index is 641. The Kier molecular flexibility index (Phi) is 5.67. The summed E-state index contributed by atoms with van der Waals surface area (Å²) in [6.45, 7) is 4.05. The number of rotatable bonds is 5. The van der Waals surface area contributed by atoms with Crippen LogP contribution in [0.25, 0.3) is 0 Å². The van der Waals surface area contributed by atoms with E-state index in [1.54, 1.807) is 12.1 Å². The standard InChI is InChI=1S/C17H19ClN2O2S/c18-16-7-6-15(23-16)17(21)19-14(13-4-2-1-3-5-13)12-20-8-10-22-11-9-20/h1-7,14H,8-12H2,(H,19,21)/t14-/m1/s1. The van der Waals surface area contributed by atoms with E-state index in [0.717, 1.165) is 38.4 Å². The lowest BCUT2D eigenvalue weighted by molar-refractivity contribution is 0.0332. The highest BCUT2D eigenvalue weighted by molar-refractivity contribution is 7.17. The minimum absolute atomic E-state index is 0.0531. The van der Waals surface area contributed by atoms with Crippen molar-refractivity contribution in [2.75, 3.05) is 32.8 Å². The number of halogens is 1. The number of thiophene rings is 1. The number of benzene rings is 1. The number of hydrogen-bond acceptors (Lipinski definition) is 4. The predicted octanol–water partition coefficient (Wildman–Crippen LogP) is 3.20. The summed E-state index contributed by atoms with van der Waals surface area (Å²) in [5.74, 6) is -0.0796. The van der Waals surface area contributed by atoms with E-state index in [1.807, 2.05) is 30.3 Å². The van der Waals surface area contributed by atoms with Crippen LogP contribution in [0, 0.1) is 0 Å². The Morgan fingerprint density at radius 1 is 1.22 bits per heavy atom. The van der Waals surface area contributed by atoms with E-state index in [0.29, 0.717) is 9.21 Å². The molecule has 0 saturated carbocycles. The number of hydrogen-bond donors (Lipinski definition) is 1. The Morgan fingerprint density at radius 2 is 1.96 bits per heavy atom. The maximum Gasteiger partial charge on any atom is 0.261 e. The molecule has 1 aliphatic rings. The third-order valence-electron chi connectivity index (χ3n) is 3.85. The van der Waals surface area contributed by atoms with Crippen LogP contribution in [-0.4, -0.2) is 43.7 Å². The Morgan fingerprint density at radius 3 is 2.61 bits per heavy atom. The second kappa shape index (κ2) is 7.93. The molecule has 2 aromatic rings. The zero-order valence-electron chi connectivity index (χ0n) is 12.7. The largest absolute Gasteiger partial charge is 0.379 e. The van der Waals surface area contributed by atoms with Crippen LogP contribution in [0.4, 0.5) is 0 Å². The lowest BCUT2D eigenvalue weighted by Gasteiger charge is -2.31. The first-order valence-corrected chi connectivity index (χ1v) is 8.83. The van der Waals surface area contributed by atoms with E-state index in [2.05, 4.69) is 10.2 Å². The molecular weight excluding hydrogens is 332 g/mol. The van der Waals surface area contributed by atoms with Crippen LogP contribution in [0.3, 0.4) is 0 Å². The van der Waals surface area contributed by atoms with Crippen LogP contribution in [0.5, 0.6) is 0 Å². The van der Waals surface area contributed by atoms with Gasteiger partial charge >= 0.3 is 0 Å². The summed E-state index contributed by atoms with van der Waals surface area (Å²) in [4.78, 5) is 15.4. The van der Waals surface area contributed by atoms with Crippen LogP contribution in [-0.2, 0) is 4.74 Å². The van der Waals surface area contributed by atoms with Crippen molar-refractivity contribution < 1.29 is 9.53 Å². The second-order valence-electron chi connectivity index (χ2n) is 5.45. The van der Waals surface area contributed by atoms with Crippen LogP contribution in [0.2, 0.25) is 4.34 Å². The van der Waals surface area contributed by atoms with Gasteiger partial charge in [-0.05, 0) is 17.7 Å². The molecule has 1 aromatic carbocycles. The molecule has 4 nitrogen and oxygen atoms in total. The Balaban J connectivity index is 1.73. The highest BCUT2D eigenvalue weighted by Crippen LogP contribution is 2.23. The highest BCUT2D eigenvalue weighted by Gasteiger charge is 2.21. The number of carbonyl (C=O) groups excluding carboxylic acids is 1. The summed E-state index contributed by atoms with van der Waals surface area (Å²) in [5, 5.41) is 3.14. The maximum absolute atomic E-state index is 12.5. The molecule has 1 fully saturated rings. The predicted molar refractivity (Wildman–Crippen MR) is 93.2 cm³/mol. The highest BCUT2D eigenvalue weighted by atomic mass is 35.5. The molecule has 0 bridgehead atoms. The summed E-state index contributed by atoms with van der Waals surface area (Å²) in [6, 6.07) is 13.5. The summed E-state index contributed by atoms with van der Waals surface area (Å²) < 4.78 is 6.02. The molecule has 3 rings (SSSR count). The average molecular weight is 351 g/mol. The molecule has 1 atom stereocenters. The van der Waals surface area contributed by atoms with Crippen LogP contribution < -0.4 is 5.32 Å². The van der Waals surface area contributed by atoms with Gasteiger partial charge in [-0.1, -0.05) is 41.9 Å². The normalized spacial score (nSPS) is 16.9. The molecule has 1 aromatic heterocycles. The molecule has 1 saturated heterocycles. The van der Waals surface area contributed by atoms with E-state index in [1.165, 1.54) is 11.3 Å². The molecule has 0 spiro atoms. The van der Waals surface area contributed by atoms with Gasteiger partial charge in [0.25, 0.3) is 5.91 Å². The number of amides is 1. The fourth-order valence-electron chi connectivity index (χ4n) is 2.63. The lowest BCUT2D eigenvalue weighted by atomic mass is 10.1. The average Bonchev–Trinajstić information content (AvgIpc) is 3.03. The molecule has 1 N–H and O–H groups in total. The SMILES string of the molecule is O=C(N[C@H](CN1CCOCC1)c1ccccc1)c1ccc(Cl)s1. The van der Waals surface area contributed by atoms with E-state index in [9.17, 15) is 4.79 Å². The van der Waals surface area contributed by atoms with E-state index < -0.39 is 0 Å². The summed E-state index contributed by atoms with van der Waals surface area (Å²) in [7, 11) is 0. The van der Waals surface area contributed by atoms with Gasteiger partial charge < -0.3 is 10.1 Å². The van der Waals surface area contributed by atoms with Crippen molar-refractivity contribution in [1.29, 1.82) is 0 Å². The smallest absolute Gasteiger partial charge is 0.261 e. The van der Waals surface area contributed by atoms with Gasteiger partial charge in [-0.15, -0.1) is 11.3 Å². The van der Waals surface area contributed by atoms with Gasteiger partial charge in [-0.2, -0.15) is 0 Å². The van der Waals surface area contributed by atoms with Gasteiger partial charge in [0, 0.05) is 19.6 Å². The third kappa shape index (κ3) is 4.54. The molecule has 1 amide bonds.